The molecular formula is C21H25BrN2O4. The summed E-state index contributed by atoms with van der Waals surface area (Å²) in [5, 5.41) is 2.77. The van der Waals surface area contributed by atoms with Crippen LogP contribution in [0.4, 0.5) is 0 Å². The van der Waals surface area contributed by atoms with Gasteiger partial charge in [-0.1, -0.05) is 40.2 Å². The highest BCUT2D eigenvalue weighted by Gasteiger charge is 2.26. The van der Waals surface area contributed by atoms with E-state index in [0.717, 1.165) is 10.0 Å². The van der Waals surface area contributed by atoms with Crippen LogP contribution in [-0.2, 0) is 16.1 Å². The zero-order valence-corrected chi connectivity index (χ0v) is 17.9. The maximum Gasteiger partial charge on any atom is 0.261 e. The molecule has 2 amide bonds. The fraction of sp³-hybridized carbons (Fsp3) is 0.333. The summed E-state index contributed by atoms with van der Waals surface area (Å²) in [4.78, 5) is 26.8. The third kappa shape index (κ3) is 5.99. The number of hydrogen-bond acceptors (Lipinski definition) is 4. The van der Waals surface area contributed by atoms with E-state index >= 15 is 0 Å². The predicted molar refractivity (Wildman–Crippen MR) is 111 cm³/mol. The molecule has 2 aromatic carbocycles. The molecular weight excluding hydrogens is 424 g/mol. The van der Waals surface area contributed by atoms with Gasteiger partial charge in [0.15, 0.2) is 18.1 Å². The Balaban J connectivity index is 2.15. The molecule has 0 spiro atoms. The van der Waals surface area contributed by atoms with Gasteiger partial charge in [-0.2, -0.15) is 0 Å². The highest BCUT2D eigenvalue weighted by Crippen LogP contribution is 2.26. The van der Waals surface area contributed by atoms with Crippen LogP contribution in [0, 0.1) is 0 Å². The maximum atomic E-state index is 12.9. The summed E-state index contributed by atoms with van der Waals surface area (Å²) in [6.45, 7) is 4.17. The molecule has 0 aromatic heterocycles. The number of nitrogens with one attached hydrogen (secondary N) is 1. The lowest BCUT2D eigenvalue weighted by atomic mass is 10.1. The fourth-order valence-electron chi connectivity index (χ4n) is 2.65. The van der Waals surface area contributed by atoms with E-state index in [-0.39, 0.29) is 18.4 Å². The molecule has 1 N–H and O–H groups in total. The number of ether oxygens (including phenoxy) is 2. The van der Waals surface area contributed by atoms with Gasteiger partial charge in [0.05, 0.1) is 7.11 Å². The number of amides is 2. The van der Waals surface area contributed by atoms with Gasteiger partial charge in [-0.3, -0.25) is 9.59 Å². The molecule has 6 nitrogen and oxygen atoms in total. The number of rotatable bonds is 9. The maximum absolute atomic E-state index is 12.9. The van der Waals surface area contributed by atoms with Crippen LogP contribution in [0.15, 0.2) is 53.0 Å². The molecule has 1 unspecified atom stereocenters. The van der Waals surface area contributed by atoms with E-state index in [1.165, 1.54) is 4.90 Å². The van der Waals surface area contributed by atoms with Crippen LogP contribution in [0.25, 0.3) is 0 Å². The minimum atomic E-state index is -0.627. The van der Waals surface area contributed by atoms with Gasteiger partial charge in [-0.25, -0.2) is 0 Å². The number of methoxy groups -OCH3 is 1. The summed E-state index contributed by atoms with van der Waals surface area (Å²) in [6, 6.07) is 14.1. The van der Waals surface area contributed by atoms with Crippen LogP contribution in [0.3, 0.4) is 0 Å². The molecule has 0 radical (unpaired) electrons. The molecule has 28 heavy (non-hydrogen) atoms. The Morgan fingerprint density at radius 2 is 1.75 bits per heavy atom. The molecule has 7 heteroatoms. The molecule has 0 saturated carbocycles. The molecule has 0 aliphatic heterocycles. The van der Waals surface area contributed by atoms with Crippen LogP contribution in [0.1, 0.15) is 19.4 Å². The third-order valence-corrected chi connectivity index (χ3v) is 4.73. The SMILES string of the molecule is CCNC(=O)C(C)N(Cc1ccc(Br)cc1)C(=O)COc1ccccc1OC. The molecule has 0 heterocycles. The van der Waals surface area contributed by atoms with Gasteiger partial charge in [0.1, 0.15) is 6.04 Å². The van der Waals surface area contributed by atoms with Gasteiger partial charge in [0.2, 0.25) is 5.91 Å². The molecule has 0 fully saturated rings. The summed E-state index contributed by atoms with van der Waals surface area (Å²) in [5.74, 6) is 0.539. The number of likely N-dealkylation sites (N-methyl/N-ethyl adjacent to an activating group) is 1. The molecule has 2 aromatic rings. The summed E-state index contributed by atoms with van der Waals surface area (Å²) in [5.41, 5.74) is 0.921. The molecule has 0 saturated heterocycles. The van der Waals surface area contributed by atoms with Crippen LogP contribution in [0.5, 0.6) is 11.5 Å². The van der Waals surface area contributed by atoms with Gasteiger partial charge in [-0.15, -0.1) is 0 Å². The van der Waals surface area contributed by atoms with Crippen molar-refractivity contribution < 1.29 is 19.1 Å². The second-order valence-electron chi connectivity index (χ2n) is 6.16. The van der Waals surface area contributed by atoms with Gasteiger partial charge in [-0.05, 0) is 43.7 Å². The van der Waals surface area contributed by atoms with Crippen molar-refractivity contribution in [2.45, 2.75) is 26.4 Å². The Morgan fingerprint density at radius 1 is 1.11 bits per heavy atom. The first-order valence-electron chi connectivity index (χ1n) is 9.03. The van der Waals surface area contributed by atoms with Crippen LogP contribution in [-0.4, -0.2) is 43.0 Å². The molecule has 150 valence electrons. The molecule has 0 bridgehead atoms. The van der Waals surface area contributed by atoms with E-state index < -0.39 is 6.04 Å². The first-order chi connectivity index (χ1) is 13.5. The Labute approximate surface area is 174 Å². The lowest BCUT2D eigenvalue weighted by Gasteiger charge is -2.28. The van der Waals surface area contributed by atoms with Crippen molar-refractivity contribution in [3.8, 4) is 11.5 Å². The zero-order valence-electron chi connectivity index (χ0n) is 16.3. The minimum Gasteiger partial charge on any atom is -0.493 e. The van der Waals surface area contributed by atoms with E-state index in [1.54, 1.807) is 32.2 Å². The quantitative estimate of drug-likeness (QED) is 0.638. The number of nitrogens with zero attached hydrogens (tertiary/aromatic N) is 1. The van der Waals surface area contributed by atoms with Crippen LogP contribution < -0.4 is 14.8 Å². The predicted octanol–water partition coefficient (Wildman–Crippen LogP) is 3.39. The fourth-order valence-corrected chi connectivity index (χ4v) is 2.92. The van der Waals surface area contributed by atoms with E-state index in [9.17, 15) is 9.59 Å². The largest absolute Gasteiger partial charge is 0.493 e. The standard InChI is InChI=1S/C21H25BrN2O4/c1-4-23-21(26)15(2)24(13-16-9-11-17(22)12-10-16)20(25)14-28-19-8-6-5-7-18(19)27-3/h5-12,15H,4,13-14H2,1-3H3,(H,23,26). The lowest BCUT2D eigenvalue weighted by Crippen LogP contribution is -2.49. The van der Waals surface area contributed by atoms with Crippen molar-refractivity contribution in [3.05, 3.63) is 58.6 Å². The zero-order chi connectivity index (χ0) is 20.5. The number of benzene rings is 2. The van der Waals surface area contributed by atoms with Crippen molar-refractivity contribution in [1.29, 1.82) is 0 Å². The van der Waals surface area contributed by atoms with Crippen LogP contribution >= 0.6 is 15.9 Å². The van der Waals surface area contributed by atoms with Gasteiger partial charge >= 0.3 is 0 Å². The van der Waals surface area contributed by atoms with Crippen molar-refractivity contribution in [3.63, 3.8) is 0 Å². The van der Waals surface area contributed by atoms with Gasteiger partial charge in [0.25, 0.3) is 5.91 Å². The molecule has 0 aliphatic carbocycles. The Kier molecular flexibility index (Phi) is 8.32. The van der Waals surface area contributed by atoms with Crippen molar-refractivity contribution in [2.24, 2.45) is 0 Å². The Morgan fingerprint density at radius 3 is 2.36 bits per heavy atom. The van der Waals surface area contributed by atoms with E-state index in [0.29, 0.717) is 24.6 Å². The summed E-state index contributed by atoms with van der Waals surface area (Å²) < 4.78 is 11.9. The smallest absolute Gasteiger partial charge is 0.261 e. The average molecular weight is 449 g/mol. The van der Waals surface area contributed by atoms with E-state index in [1.807, 2.05) is 37.3 Å². The first-order valence-corrected chi connectivity index (χ1v) is 9.83. The monoisotopic (exact) mass is 448 g/mol. The van der Waals surface area contributed by atoms with Gasteiger partial charge < -0.3 is 19.7 Å². The topological polar surface area (TPSA) is 67.9 Å². The lowest BCUT2D eigenvalue weighted by molar-refractivity contribution is -0.142. The van der Waals surface area contributed by atoms with Crippen molar-refractivity contribution in [1.82, 2.24) is 10.2 Å². The van der Waals surface area contributed by atoms with Gasteiger partial charge in [0, 0.05) is 17.6 Å². The van der Waals surface area contributed by atoms with Crippen molar-refractivity contribution in [2.75, 3.05) is 20.3 Å². The Bertz CT molecular complexity index is 795. The molecule has 0 aliphatic rings. The summed E-state index contributed by atoms with van der Waals surface area (Å²) in [6.07, 6.45) is 0. The highest BCUT2D eigenvalue weighted by molar-refractivity contribution is 9.10. The summed E-state index contributed by atoms with van der Waals surface area (Å²) in [7, 11) is 1.54. The highest BCUT2D eigenvalue weighted by atomic mass is 79.9. The second-order valence-corrected chi connectivity index (χ2v) is 7.07. The number of halogens is 1. The normalized spacial score (nSPS) is 11.4. The number of carbonyl (C=O) groups excluding carboxylic acids is 2. The summed E-state index contributed by atoms with van der Waals surface area (Å²) >= 11 is 3.40. The number of carbonyl (C=O) groups is 2. The number of para-hydroxylation sites is 2. The number of hydrogen-bond donors (Lipinski definition) is 1. The molecule has 1 atom stereocenters. The average Bonchev–Trinajstić information content (AvgIpc) is 2.71. The van der Waals surface area contributed by atoms with E-state index in [2.05, 4.69) is 21.2 Å². The second kappa shape index (κ2) is 10.7. The first kappa shape index (κ1) is 21.8. The van der Waals surface area contributed by atoms with Crippen LogP contribution in [0.2, 0.25) is 0 Å². The molecule has 2 rings (SSSR count). The Hall–Kier alpha value is -2.54. The van der Waals surface area contributed by atoms with Crippen molar-refractivity contribution >= 4 is 27.7 Å². The van der Waals surface area contributed by atoms with E-state index in [4.69, 9.17) is 9.47 Å². The minimum absolute atomic E-state index is 0.194. The third-order valence-electron chi connectivity index (χ3n) is 4.20.